The molecular formula is C20H28N4O5S. The van der Waals surface area contributed by atoms with E-state index in [1.165, 1.54) is 4.31 Å². The van der Waals surface area contributed by atoms with Gasteiger partial charge in [-0.1, -0.05) is 25.9 Å². The number of hydrogen-bond acceptors (Lipinski definition) is 8. The lowest BCUT2D eigenvalue weighted by Crippen LogP contribution is -2.35. The Balaban J connectivity index is 1.43. The van der Waals surface area contributed by atoms with Crippen LogP contribution in [0.4, 0.5) is 0 Å². The molecule has 2 aliphatic rings. The van der Waals surface area contributed by atoms with Gasteiger partial charge in [0.2, 0.25) is 15.9 Å². The molecule has 0 atom stereocenters. The minimum absolute atomic E-state index is 0.196. The summed E-state index contributed by atoms with van der Waals surface area (Å²) in [6.07, 6.45) is 0.730. The number of benzene rings is 1. The highest BCUT2D eigenvalue weighted by molar-refractivity contribution is 7.89. The van der Waals surface area contributed by atoms with Crippen LogP contribution < -0.4 is 9.47 Å². The van der Waals surface area contributed by atoms with E-state index in [1.807, 2.05) is 20.8 Å². The smallest absolute Gasteiger partial charge is 0.243 e. The van der Waals surface area contributed by atoms with Crippen molar-refractivity contribution in [3.8, 4) is 11.5 Å². The maximum Gasteiger partial charge on any atom is 0.243 e. The van der Waals surface area contributed by atoms with Gasteiger partial charge in [-0.3, -0.25) is 4.90 Å². The summed E-state index contributed by atoms with van der Waals surface area (Å²) in [6.45, 7) is 9.74. The van der Waals surface area contributed by atoms with Gasteiger partial charge in [0.05, 0.1) is 11.4 Å². The molecule has 9 nitrogen and oxygen atoms in total. The first-order chi connectivity index (χ1) is 14.2. The van der Waals surface area contributed by atoms with E-state index in [4.69, 9.17) is 14.0 Å². The molecule has 1 aromatic heterocycles. The molecule has 0 radical (unpaired) electrons. The molecule has 4 rings (SSSR count). The number of rotatable bonds is 4. The van der Waals surface area contributed by atoms with E-state index in [9.17, 15) is 8.42 Å². The van der Waals surface area contributed by atoms with Crippen LogP contribution in [0.5, 0.6) is 11.5 Å². The van der Waals surface area contributed by atoms with Crippen LogP contribution in [0.25, 0.3) is 0 Å². The van der Waals surface area contributed by atoms with E-state index in [0.717, 1.165) is 13.0 Å². The first kappa shape index (κ1) is 21.1. The zero-order chi connectivity index (χ0) is 21.4. The van der Waals surface area contributed by atoms with Gasteiger partial charge in [0.25, 0.3) is 0 Å². The van der Waals surface area contributed by atoms with Crippen molar-refractivity contribution in [2.45, 2.75) is 44.0 Å². The molecule has 0 aliphatic carbocycles. The number of ether oxygens (including phenoxy) is 2. The molecule has 0 amide bonds. The Morgan fingerprint density at radius 3 is 2.53 bits per heavy atom. The van der Waals surface area contributed by atoms with E-state index >= 15 is 0 Å². The molecular weight excluding hydrogens is 408 g/mol. The van der Waals surface area contributed by atoms with Gasteiger partial charge in [0.15, 0.2) is 17.3 Å². The summed E-state index contributed by atoms with van der Waals surface area (Å²) in [4.78, 5) is 6.88. The van der Waals surface area contributed by atoms with Gasteiger partial charge in [0.1, 0.15) is 13.2 Å². The largest absolute Gasteiger partial charge is 0.486 e. The van der Waals surface area contributed by atoms with Crippen LogP contribution in [0.3, 0.4) is 0 Å². The summed E-state index contributed by atoms with van der Waals surface area (Å²) < 4.78 is 44.3. The van der Waals surface area contributed by atoms with Gasteiger partial charge in [-0.05, 0) is 25.1 Å². The topological polar surface area (TPSA) is 98.0 Å². The van der Waals surface area contributed by atoms with Crippen molar-refractivity contribution in [3.05, 3.63) is 29.9 Å². The maximum atomic E-state index is 13.2. The summed E-state index contributed by atoms with van der Waals surface area (Å²) in [5, 5.41) is 4.08. The van der Waals surface area contributed by atoms with Crippen molar-refractivity contribution >= 4 is 10.0 Å². The van der Waals surface area contributed by atoms with Gasteiger partial charge in [0, 0.05) is 31.1 Å². The van der Waals surface area contributed by atoms with Crippen molar-refractivity contribution in [1.82, 2.24) is 19.3 Å². The van der Waals surface area contributed by atoms with Crippen LogP contribution in [0.1, 0.15) is 38.9 Å². The quantitative estimate of drug-likeness (QED) is 0.718. The van der Waals surface area contributed by atoms with E-state index in [-0.39, 0.29) is 10.3 Å². The van der Waals surface area contributed by atoms with Gasteiger partial charge in [-0.25, -0.2) is 8.42 Å². The predicted molar refractivity (Wildman–Crippen MR) is 109 cm³/mol. The van der Waals surface area contributed by atoms with Gasteiger partial charge in [-0.2, -0.15) is 9.29 Å². The third kappa shape index (κ3) is 4.45. The highest BCUT2D eigenvalue weighted by Gasteiger charge is 2.29. The number of fused-ring (bicyclic) bond motifs is 1. The van der Waals surface area contributed by atoms with Crippen LogP contribution in [-0.4, -0.2) is 67.2 Å². The van der Waals surface area contributed by atoms with Crippen LogP contribution in [0, 0.1) is 0 Å². The Kier molecular flexibility index (Phi) is 5.73. The van der Waals surface area contributed by atoms with Gasteiger partial charge in [-0.15, -0.1) is 0 Å². The van der Waals surface area contributed by atoms with E-state index in [0.29, 0.717) is 62.6 Å². The molecule has 1 saturated heterocycles. The Labute approximate surface area is 177 Å². The number of sulfonamides is 1. The minimum Gasteiger partial charge on any atom is -0.486 e. The Hall–Kier alpha value is -2.17. The highest BCUT2D eigenvalue weighted by atomic mass is 32.2. The van der Waals surface area contributed by atoms with Crippen LogP contribution in [0.15, 0.2) is 27.6 Å². The molecule has 164 valence electrons. The number of nitrogens with zero attached hydrogens (tertiary/aromatic N) is 4. The maximum absolute atomic E-state index is 13.2. The monoisotopic (exact) mass is 436 g/mol. The van der Waals surface area contributed by atoms with Crippen LogP contribution in [0.2, 0.25) is 0 Å². The Morgan fingerprint density at radius 1 is 1.03 bits per heavy atom. The summed E-state index contributed by atoms with van der Waals surface area (Å²) in [5.74, 6) is 2.29. The average Bonchev–Trinajstić information content (AvgIpc) is 3.06. The lowest BCUT2D eigenvalue weighted by Gasteiger charge is -2.23. The normalized spacial score (nSPS) is 18.9. The second-order valence-electron chi connectivity index (χ2n) is 8.61. The van der Waals surface area contributed by atoms with Crippen molar-refractivity contribution in [2.24, 2.45) is 0 Å². The first-order valence-electron chi connectivity index (χ1n) is 10.2. The molecule has 0 N–H and O–H groups in total. The standard InChI is InChI=1S/C20H28N4O5S/c1-20(2,3)19-21-18(22-29-19)14-23-7-4-8-24(10-9-23)30(25,26)15-5-6-16-17(13-15)28-12-11-27-16/h5-6,13H,4,7-12,14H2,1-3H3. The highest BCUT2D eigenvalue weighted by Crippen LogP contribution is 2.33. The fourth-order valence-corrected chi connectivity index (χ4v) is 4.99. The van der Waals surface area contributed by atoms with Gasteiger partial charge >= 0.3 is 0 Å². The molecule has 3 heterocycles. The molecule has 30 heavy (non-hydrogen) atoms. The summed E-state index contributed by atoms with van der Waals surface area (Å²) in [7, 11) is -3.61. The fourth-order valence-electron chi connectivity index (χ4n) is 3.50. The Bertz CT molecular complexity index is 999. The third-order valence-electron chi connectivity index (χ3n) is 5.17. The zero-order valence-electron chi connectivity index (χ0n) is 17.6. The molecule has 0 bridgehead atoms. The molecule has 1 aromatic carbocycles. The lowest BCUT2D eigenvalue weighted by atomic mass is 9.97. The predicted octanol–water partition coefficient (Wildman–Crippen LogP) is 2.03. The number of aromatic nitrogens is 2. The van der Waals surface area contributed by atoms with E-state index < -0.39 is 10.0 Å². The summed E-state index contributed by atoms with van der Waals surface area (Å²) in [6, 6.07) is 4.80. The average molecular weight is 437 g/mol. The van der Waals surface area contributed by atoms with Crippen LogP contribution in [-0.2, 0) is 22.0 Å². The molecule has 2 aromatic rings. The second kappa shape index (κ2) is 8.16. The fraction of sp³-hybridized carbons (Fsp3) is 0.600. The number of hydrogen-bond donors (Lipinski definition) is 0. The van der Waals surface area contributed by atoms with E-state index in [1.54, 1.807) is 18.2 Å². The SMILES string of the molecule is CC(C)(C)c1nc(CN2CCCN(S(=O)(=O)c3ccc4c(c3)OCCO4)CC2)no1. The molecule has 10 heteroatoms. The van der Waals surface area contributed by atoms with Gasteiger partial charge < -0.3 is 14.0 Å². The van der Waals surface area contributed by atoms with Crippen molar-refractivity contribution in [1.29, 1.82) is 0 Å². The summed E-state index contributed by atoms with van der Waals surface area (Å²) in [5.41, 5.74) is -0.196. The minimum atomic E-state index is -3.61. The van der Waals surface area contributed by atoms with Crippen molar-refractivity contribution in [2.75, 3.05) is 39.4 Å². The molecule has 2 aliphatic heterocycles. The molecule has 1 fully saturated rings. The van der Waals surface area contributed by atoms with Crippen molar-refractivity contribution in [3.63, 3.8) is 0 Å². The van der Waals surface area contributed by atoms with Crippen molar-refractivity contribution < 1.29 is 22.4 Å². The summed E-state index contributed by atoms with van der Waals surface area (Å²) >= 11 is 0. The van der Waals surface area contributed by atoms with Crippen LogP contribution >= 0.6 is 0 Å². The van der Waals surface area contributed by atoms with E-state index in [2.05, 4.69) is 15.0 Å². The molecule has 0 spiro atoms. The molecule has 0 unspecified atom stereocenters. The lowest BCUT2D eigenvalue weighted by molar-refractivity contribution is 0.171. The Morgan fingerprint density at radius 2 is 1.80 bits per heavy atom. The molecule has 0 saturated carbocycles. The third-order valence-corrected chi connectivity index (χ3v) is 7.07. The first-order valence-corrected chi connectivity index (χ1v) is 11.6. The second-order valence-corrected chi connectivity index (χ2v) is 10.5. The zero-order valence-corrected chi connectivity index (χ0v) is 18.4.